The molecule has 0 radical (unpaired) electrons. The van der Waals surface area contributed by atoms with Gasteiger partial charge in [-0.15, -0.1) is 0 Å². The van der Waals surface area contributed by atoms with Crippen LogP contribution in [0.1, 0.15) is 60.8 Å². The molecule has 0 unspecified atom stereocenters. The second kappa shape index (κ2) is 11.4. The highest BCUT2D eigenvalue weighted by Crippen LogP contribution is 2.74. The van der Waals surface area contributed by atoms with Crippen LogP contribution in [0.2, 0.25) is 0 Å². The van der Waals surface area contributed by atoms with Gasteiger partial charge in [0.2, 0.25) is 0 Å². The van der Waals surface area contributed by atoms with Crippen LogP contribution >= 0.6 is 84.8 Å². The average Bonchev–Trinajstić information content (AvgIpc) is 3.04. The highest BCUT2D eigenvalue weighted by atomic mass is 127. The Morgan fingerprint density at radius 3 is 0.619 bits per heavy atom. The number of halogens is 4. The van der Waals surface area contributed by atoms with Crippen molar-refractivity contribution in [3.8, 4) is 0 Å². The average molecular weight is 1010 g/mol. The molecule has 4 bridgehead atoms. The molecule has 4 nitrogen and oxygen atoms in total. The lowest BCUT2D eigenvalue weighted by atomic mass is 9.32. The van der Waals surface area contributed by atoms with E-state index in [1.165, 1.54) is 22.3 Å². The van der Waals surface area contributed by atoms with Gasteiger partial charge in [0, 0.05) is 14.3 Å². The molecule has 0 N–H and O–H groups in total. The third-order valence-corrected chi connectivity index (χ3v) is 15.2. The van der Waals surface area contributed by atoms with Crippen LogP contribution < -0.4 is 0 Å². The number of hydrogen-bond donors (Lipinski definition) is 0. The molecule has 0 atom stereocenters. The molecule has 4 fully saturated rings. The first-order chi connectivity index (χ1) is 20.4. The summed E-state index contributed by atoms with van der Waals surface area (Å²) in [5, 5.41) is 0. The van der Waals surface area contributed by atoms with E-state index in [9.17, 15) is 12.3 Å². The van der Waals surface area contributed by atoms with Crippen LogP contribution in [0.25, 0.3) is 0 Å². The Labute approximate surface area is 287 Å². The molecule has 4 aromatic carbocycles. The Morgan fingerprint density at radius 1 is 0.310 bits per heavy atom. The monoisotopic (exact) mass is 1010 g/mol. The lowest BCUT2D eigenvalue weighted by Crippen LogP contribution is -2.67. The summed E-state index contributed by atoms with van der Waals surface area (Å²) in [6.07, 6.45) is 6.22. The molecule has 216 valence electrons. The Kier molecular flexibility index (Phi) is 8.07. The van der Waals surface area contributed by atoms with Crippen molar-refractivity contribution in [2.24, 2.45) is 0 Å². The zero-order valence-corrected chi connectivity index (χ0v) is 31.3. The largest absolute Gasteiger partial charge is 0.265 e. The van der Waals surface area contributed by atoms with Crippen LogP contribution in [0, 0.1) is 14.3 Å². The maximum absolute atomic E-state index is 11.8. The zero-order chi connectivity index (χ0) is 29.0. The van der Waals surface area contributed by atoms with Gasteiger partial charge in [-0.25, -0.2) is 0 Å². The third kappa shape index (κ3) is 4.92. The van der Waals surface area contributed by atoms with Crippen molar-refractivity contribution in [3.05, 3.63) is 134 Å². The van der Waals surface area contributed by atoms with Crippen molar-refractivity contribution in [2.45, 2.75) is 60.2 Å². The van der Waals surface area contributed by atoms with Crippen LogP contribution in [-0.2, 0) is 33.9 Å². The van der Waals surface area contributed by atoms with E-state index in [2.05, 4.69) is 97.1 Å². The standard InChI is InChI=1S/C34H28I4O4/c39-35-27-9-1-23(2-10-27)31-17-32(24-3-11-28(36-40)12-4-24)20-33(18-31,25-5-13-29(37-41)14-6-25)22-34(19-31,21-32)26-7-15-30(38-42)16-8-26/h1-16H,17-22H2. The van der Waals surface area contributed by atoms with Crippen molar-refractivity contribution in [1.29, 1.82) is 0 Å². The minimum absolute atomic E-state index is 0.0904. The van der Waals surface area contributed by atoms with E-state index in [0.29, 0.717) is 0 Å². The van der Waals surface area contributed by atoms with Gasteiger partial charge in [-0.2, -0.15) is 0 Å². The van der Waals surface area contributed by atoms with Crippen LogP contribution in [-0.4, -0.2) is 0 Å². The van der Waals surface area contributed by atoms with E-state index in [0.717, 1.165) is 52.8 Å². The topological polar surface area (TPSA) is 68.3 Å². The fourth-order valence-electron chi connectivity index (χ4n) is 9.28. The summed E-state index contributed by atoms with van der Waals surface area (Å²) >= 11 is -4.86. The molecule has 0 spiro atoms. The maximum atomic E-state index is 11.8. The molecule has 8 heteroatoms. The first-order valence-electron chi connectivity index (χ1n) is 13.9. The van der Waals surface area contributed by atoms with E-state index in [4.69, 9.17) is 0 Å². The molecular formula is C34H28I4O4. The summed E-state index contributed by atoms with van der Waals surface area (Å²) in [5.74, 6) is 0. The van der Waals surface area contributed by atoms with Gasteiger partial charge in [0.1, 0.15) is 0 Å². The van der Waals surface area contributed by atoms with Gasteiger partial charge in [-0.05, 0) is 131 Å². The molecule has 4 aliphatic rings. The summed E-state index contributed by atoms with van der Waals surface area (Å²) in [7, 11) is 0. The minimum Gasteiger partial charge on any atom is -0.265 e. The Morgan fingerprint density at radius 2 is 0.476 bits per heavy atom. The molecular weight excluding hydrogens is 980 g/mol. The summed E-state index contributed by atoms with van der Waals surface area (Å²) < 4.78 is 50.9. The van der Waals surface area contributed by atoms with Gasteiger partial charge < -0.3 is 0 Å². The molecule has 0 saturated heterocycles. The van der Waals surface area contributed by atoms with Gasteiger partial charge in [-0.3, -0.25) is 12.3 Å². The van der Waals surface area contributed by atoms with Gasteiger partial charge in [-0.1, -0.05) is 48.5 Å². The minimum atomic E-state index is -1.21. The normalized spacial score (nSPS) is 29.5. The van der Waals surface area contributed by atoms with Crippen molar-refractivity contribution >= 4 is 84.8 Å². The lowest BCUT2D eigenvalue weighted by molar-refractivity contribution is -0.0692. The highest BCUT2D eigenvalue weighted by molar-refractivity contribution is 14.2. The first-order valence-corrected chi connectivity index (χ1v) is 21.7. The van der Waals surface area contributed by atoms with Crippen molar-refractivity contribution in [3.63, 3.8) is 0 Å². The van der Waals surface area contributed by atoms with Gasteiger partial charge >= 0.3 is 0 Å². The molecule has 4 saturated carbocycles. The molecule has 0 aromatic heterocycles. The molecule has 4 aromatic rings. The zero-order valence-electron chi connectivity index (χ0n) is 22.6. The van der Waals surface area contributed by atoms with Gasteiger partial charge in [0.05, 0.1) is 0 Å². The molecule has 4 aliphatic carbocycles. The van der Waals surface area contributed by atoms with Crippen LogP contribution in [0.3, 0.4) is 0 Å². The predicted octanol–water partition coefficient (Wildman–Crippen LogP) is 10.1. The van der Waals surface area contributed by atoms with Crippen LogP contribution in [0.4, 0.5) is 0 Å². The Hall–Kier alpha value is -1.00. The van der Waals surface area contributed by atoms with Crippen molar-refractivity contribution in [2.75, 3.05) is 0 Å². The summed E-state index contributed by atoms with van der Waals surface area (Å²) in [6.45, 7) is 0. The third-order valence-electron chi connectivity index (χ3n) is 10.2. The number of hydrogen-bond acceptors (Lipinski definition) is 4. The fourth-order valence-corrected chi connectivity index (χ4v) is 11.9. The lowest BCUT2D eigenvalue weighted by Gasteiger charge is -2.71. The van der Waals surface area contributed by atoms with E-state index < -0.39 is 84.8 Å². The Bertz CT molecular complexity index is 1410. The van der Waals surface area contributed by atoms with E-state index in [1.807, 2.05) is 0 Å². The number of rotatable bonds is 8. The van der Waals surface area contributed by atoms with Crippen molar-refractivity contribution in [1.82, 2.24) is 0 Å². The molecule has 42 heavy (non-hydrogen) atoms. The van der Waals surface area contributed by atoms with Gasteiger partial charge in [0.15, 0.2) is 84.8 Å². The van der Waals surface area contributed by atoms with Gasteiger partial charge in [0.25, 0.3) is 0 Å². The second-order valence-corrected chi connectivity index (χ2v) is 19.3. The highest BCUT2D eigenvalue weighted by Gasteiger charge is 2.69. The summed E-state index contributed by atoms with van der Waals surface area (Å²) in [6, 6.07) is 34.4. The molecule has 0 aliphatic heterocycles. The second-order valence-electron chi connectivity index (χ2n) is 12.5. The smallest absolute Gasteiger partial charge is 0.182 e. The number of benzene rings is 4. The Balaban J connectivity index is 1.49. The predicted molar refractivity (Wildman–Crippen MR) is 194 cm³/mol. The van der Waals surface area contributed by atoms with E-state index >= 15 is 0 Å². The summed E-state index contributed by atoms with van der Waals surface area (Å²) in [5.41, 5.74) is 4.94. The van der Waals surface area contributed by atoms with Crippen molar-refractivity contribution < 1.29 is 12.3 Å². The van der Waals surface area contributed by atoms with E-state index in [-0.39, 0.29) is 21.7 Å². The van der Waals surface area contributed by atoms with Crippen LogP contribution in [0.5, 0.6) is 0 Å². The molecule has 8 rings (SSSR count). The first kappa shape index (κ1) is 29.7. The molecule has 0 heterocycles. The fraction of sp³-hybridized carbons (Fsp3) is 0.294. The quantitative estimate of drug-likeness (QED) is 0.165. The SMILES string of the molecule is O=Ic1ccc(C23CC4(c5ccc(I=O)cc5)CC(c5ccc(I=O)cc5)(C2)CC(c2ccc(I=O)cc2)(C3)C4)cc1. The molecule has 0 amide bonds. The summed E-state index contributed by atoms with van der Waals surface area (Å²) in [4.78, 5) is 0. The van der Waals surface area contributed by atoms with E-state index in [1.54, 1.807) is 0 Å². The van der Waals surface area contributed by atoms with Crippen LogP contribution in [0.15, 0.2) is 97.1 Å². The maximum Gasteiger partial charge on any atom is 0.182 e.